The van der Waals surface area contributed by atoms with Gasteiger partial charge in [0, 0.05) is 16.7 Å². The molecule has 0 radical (unpaired) electrons. The van der Waals surface area contributed by atoms with Gasteiger partial charge in [0.15, 0.2) is 11.5 Å². The van der Waals surface area contributed by atoms with Crippen molar-refractivity contribution in [2.75, 3.05) is 19.5 Å². The molecule has 0 aliphatic carbocycles. The van der Waals surface area contributed by atoms with Gasteiger partial charge in [0.05, 0.1) is 14.2 Å². The quantitative estimate of drug-likeness (QED) is 0.614. The molecule has 0 unspecified atom stereocenters. The van der Waals surface area contributed by atoms with E-state index in [9.17, 15) is 4.79 Å². The number of methoxy groups -OCH3 is 2. The van der Waals surface area contributed by atoms with E-state index in [1.54, 1.807) is 38.5 Å². The Bertz CT molecular complexity index is 971. The highest BCUT2D eigenvalue weighted by Crippen LogP contribution is 2.34. The zero-order chi connectivity index (χ0) is 19.2. The number of hydrogen-bond donors (Lipinski definition) is 1. The van der Waals surface area contributed by atoms with Crippen LogP contribution in [0.1, 0.15) is 5.56 Å². The molecule has 6 nitrogen and oxygen atoms in total. The molecular weight excluding hydrogens is 386 g/mol. The van der Waals surface area contributed by atoms with Gasteiger partial charge in [-0.25, -0.2) is 0 Å². The fraction of sp³-hybridized carbons (Fsp3) is 0.105. The second-order valence-corrected chi connectivity index (χ2v) is 6.77. The Morgan fingerprint density at radius 2 is 1.81 bits per heavy atom. The van der Waals surface area contributed by atoms with Crippen molar-refractivity contribution < 1.29 is 14.3 Å². The van der Waals surface area contributed by atoms with Crippen molar-refractivity contribution >= 4 is 40.1 Å². The van der Waals surface area contributed by atoms with E-state index in [0.29, 0.717) is 26.7 Å². The first-order chi connectivity index (χ1) is 13.1. The molecule has 0 atom stereocenters. The monoisotopic (exact) mass is 401 g/mol. The summed E-state index contributed by atoms with van der Waals surface area (Å²) in [5, 5.41) is 12.5. The van der Waals surface area contributed by atoms with Crippen LogP contribution < -0.4 is 14.8 Å². The molecule has 2 aromatic carbocycles. The van der Waals surface area contributed by atoms with E-state index < -0.39 is 0 Å². The summed E-state index contributed by atoms with van der Waals surface area (Å²) in [7, 11) is 3.15. The molecule has 1 aromatic heterocycles. The summed E-state index contributed by atoms with van der Waals surface area (Å²) in [6.45, 7) is 0. The molecule has 3 aromatic rings. The average Bonchev–Trinajstić information content (AvgIpc) is 3.15. The zero-order valence-corrected chi connectivity index (χ0v) is 16.2. The molecular formula is C19H16ClN3O3S. The third-order valence-electron chi connectivity index (χ3n) is 3.58. The van der Waals surface area contributed by atoms with Crippen LogP contribution in [0.3, 0.4) is 0 Å². The molecule has 0 aliphatic rings. The number of anilines is 1. The summed E-state index contributed by atoms with van der Waals surface area (Å²) in [6, 6.07) is 12.6. The van der Waals surface area contributed by atoms with Crippen molar-refractivity contribution in [3.8, 4) is 22.1 Å². The van der Waals surface area contributed by atoms with Crippen molar-refractivity contribution in [2.45, 2.75) is 0 Å². The molecule has 138 valence electrons. The maximum atomic E-state index is 12.1. The van der Waals surface area contributed by atoms with Crippen LogP contribution in [-0.4, -0.2) is 30.3 Å². The molecule has 0 spiro atoms. The Morgan fingerprint density at radius 1 is 1.07 bits per heavy atom. The van der Waals surface area contributed by atoms with Crippen LogP contribution in [0.25, 0.3) is 16.6 Å². The molecule has 0 bridgehead atoms. The van der Waals surface area contributed by atoms with Gasteiger partial charge in [-0.15, -0.1) is 10.2 Å². The van der Waals surface area contributed by atoms with E-state index in [4.69, 9.17) is 21.1 Å². The van der Waals surface area contributed by atoms with Crippen LogP contribution in [0, 0.1) is 0 Å². The third-order valence-corrected chi connectivity index (χ3v) is 4.72. The zero-order valence-electron chi connectivity index (χ0n) is 14.6. The van der Waals surface area contributed by atoms with Gasteiger partial charge in [-0.1, -0.05) is 35.1 Å². The summed E-state index contributed by atoms with van der Waals surface area (Å²) < 4.78 is 10.5. The minimum Gasteiger partial charge on any atom is -0.493 e. The van der Waals surface area contributed by atoms with Crippen molar-refractivity contribution in [3.05, 3.63) is 59.1 Å². The highest BCUT2D eigenvalue weighted by atomic mass is 35.5. The van der Waals surface area contributed by atoms with Gasteiger partial charge in [-0.05, 0) is 42.0 Å². The Kier molecular flexibility index (Phi) is 6.05. The number of aromatic nitrogens is 2. The summed E-state index contributed by atoms with van der Waals surface area (Å²) >= 11 is 7.11. The fourth-order valence-electron chi connectivity index (χ4n) is 2.25. The van der Waals surface area contributed by atoms with Gasteiger partial charge in [0.1, 0.15) is 5.01 Å². The predicted molar refractivity (Wildman–Crippen MR) is 108 cm³/mol. The van der Waals surface area contributed by atoms with Crippen LogP contribution in [0.15, 0.2) is 48.5 Å². The number of carbonyl (C=O) groups is 1. The van der Waals surface area contributed by atoms with E-state index in [1.807, 2.05) is 24.3 Å². The predicted octanol–water partition coefficient (Wildman–Crippen LogP) is 4.53. The number of benzene rings is 2. The molecule has 1 amide bonds. The molecule has 0 saturated carbocycles. The first kappa shape index (κ1) is 18.9. The maximum absolute atomic E-state index is 12.1. The van der Waals surface area contributed by atoms with E-state index >= 15 is 0 Å². The van der Waals surface area contributed by atoms with E-state index in [1.165, 1.54) is 17.4 Å². The second kappa shape index (κ2) is 8.66. The Balaban J connectivity index is 1.68. The lowest BCUT2D eigenvalue weighted by Crippen LogP contribution is -2.07. The minimum absolute atomic E-state index is 0.292. The van der Waals surface area contributed by atoms with Crippen LogP contribution in [-0.2, 0) is 4.79 Å². The highest BCUT2D eigenvalue weighted by Gasteiger charge is 2.11. The first-order valence-corrected chi connectivity index (χ1v) is 9.09. The molecule has 27 heavy (non-hydrogen) atoms. The molecule has 0 fully saturated rings. The van der Waals surface area contributed by atoms with Gasteiger partial charge >= 0.3 is 0 Å². The molecule has 0 aliphatic heterocycles. The van der Waals surface area contributed by atoms with Crippen LogP contribution in [0.5, 0.6) is 11.5 Å². The van der Waals surface area contributed by atoms with Gasteiger partial charge in [0.2, 0.25) is 11.0 Å². The van der Waals surface area contributed by atoms with Gasteiger partial charge in [-0.2, -0.15) is 0 Å². The van der Waals surface area contributed by atoms with Crippen molar-refractivity contribution in [1.29, 1.82) is 0 Å². The van der Waals surface area contributed by atoms with Crippen molar-refractivity contribution in [3.63, 3.8) is 0 Å². The number of ether oxygens (including phenoxy) is 2. The number of nitrogens with zero attached hydrogens (tertiary/aromatic N) is 2. The standard InChI is InChI=1S/C19H16ClN3O3S/c1-25-15-9-6-13(11-16(15)26-2)18-22-23-19(27-18)21-17(24)10-5-12-3-7-14(20)8-4-12/h3-11H,1-2H3,(H,21,23,24). The smallest absolute Gasteiger partial charge is 0.250 e. The van der Waals surface area contributed by atoms with E-state index in [-0.39, 0.29) is 5.91 Å². The fourth-order valence-corrected chi connectivity index (χ4v) is 3.12. The van der Waals surface area contributed by atoms with Crippen LogP contribution in [0.2, 0.25) is 5.02 Å². The normalized spacial score (nSPS) is 10.8. The maximum Gasteiger partial charge on any atom is 0.250 e. The largest absolute Gasteiger partial charge is 0.493 e. The molecule has 1 heterocycles. The number of carbonyl (C=O) groups excluding carboxylic acids is 1. The number of hydrogen-bond acceptors (Lipinski definition) is 6. The van der Waals surface area contributed by atoms with Gasteiger partial charge in [-0.3, -0.25) is 10.1 Å². The molecule has 0 saturated heterocycles. The topological polar surface area (TPSA) is 73.3 Å². The molecule has 3 rings (SSSR count). The Morgan fingerprint density at radius 3 is 2.52 bits per heavy atom. The lowest BCUT2D eigenvalue weighted by atomic mass is 10.2. The first-order valence-electron chi connectivity index (χ1n) is 7.89. The SMILES string of the molecule is COc1ccc(-c2nnc(NC(=O)C=Cc3ccc(Cl)cc3)s2)cc1OC. The van der Waals surface area contributed by atoms with Crippen LogP contribution >= 0.6 is 22.9 Å². The van der Waals surface area contributed by atoms with Gasteiger partial charge < -0.3 is 9.47 Å². The summed E-state index contributed by atoms with van der Waals surface area (Å²) in [6.07, 6.45) is 3.13. The average molecular weight is 402 g/mol. The van der Waals surface area contributed by atoms with E-state index in [0.717, 1.165) is 11.1 Å². The summed E-state index contributed by atoms with van der Waals surface area (Å²) in [4.78, 5) is 12.1. The van der Waals surface area contributed by atoms with Gasteiger partial charge in [0.25, 0.3) is 0 Å². The van der Waals surface area contributed by atoms with E-state index in [2.05, 4.69) is 15.5 Å². The number of amides is 1. The van der Waals surface area contributed by atoms with Crippen LogP contribution in [0.4, 0.5) is 5.13 Å². The number of rotatable bonds is 6. The highest BCUT2D eigenvalue weighted by molar-refractivity contribution is 7.18. The lowest BCUT2D eigenvalue weighted by molar-refractivity contribution is -0.111. The number of halogens is 1. The third kappa shape index (κ3) is 4.84. The number of nitrogens with one attached hydrogen (secondary N) is 1. The van der Waals surface area contributed by atoms with Crippen molar-refractivity contribution in [2.24, 2.45) is 0 Å². The lowest BCUT2D eigenvalue weighted by Gasteiger charge is -2.07. The summed E-state index contributed by atoms with van der Waals surface area (Å²) in [5.74, 6) is 0.938. The minimum atomic E-state index is -0.292. The Hall–Kier alpha value is -2.90. The molecule has 8 heteroatoms. The Labute approximate surface area is 165 Å². The summed E-state index contributed by atoms with van der Waals surface area (Å²) in [5.41, 5.74) is 1.69. The van der Waals surface area contributed by atoms with Crippen molar-refractivity contribution in [1.82, 2.24) is 10.2 Å². The molecule has 1 N–H and O–H groups in total. The second-order valence-electron chi connectivity index (χ2n) is 5.36.